The monoisotopic (exact) mass is 305 g/mol. The fraction of sp³-hybridized carbons (Fsp3) is 0.588. The Balaban J connectivity index is 1.84. The lowest BCUT2D eigenvalue weighted by atomic mass is 10.0. The first-order valence-electron chi connectivity index (χ1n) is 7.85. The number of hydrogen-bond acceptors (Lipinski definition) is 2. The van der Waals surface area contributed by atoms with Gasteiger partial charge in [0.25, 0.3) is 0 Å². The fourth-order valence-corrected chi connectivity index (χ4v) is 3.07. The second kappa shape index (κ2) is 7.23. The average Bonchev–Trinajstić information content (AvgIpc) is 2.44. The first kappa shape index (κ1) is 16.2. The lowest BCUT2D eigenvalue weighted by Gasteiger charge is -2.35. The van der Waals surface area contributed by atoms with Gasteiger partial charge < -0.3 is 15.5 Å². The van der Waals surface area contributed by atoms with E-state index in [1.165, 1.54) is 11.1 Å². The summed E-state index contributed by atoms with van der Waals surface area (Å²) in [6, 6.07) is 7.40. The summed E-state index contributed by atoms with van der Waals surface area (Å²) >= 11 is 5.46. The molecule has 21 heavy (non-hydrogen) atoms. The van der Waals surface area contributed by atoms with Crippen LogP contribution in [0.4, 0.5) is 5.69 Å². The van der Waals surface area contributed by atoms with E-state index >= 15 is 0 Å². The summed E-state index contributed by atoms with van der Waals surface area (Å²) in [4.78, 5) is 2.53. The van der Waals surface area contributed by atoms with Gasteiger partial charge in [-0.1, -0.05) is 12.1 Å². The molecule has 2 N–H and O–H groups in total. The van der Waals surface area contributed by atoms with Gasteiger partial charge in [0.2, 0.25) is 0 Å². The second-order valence-corrected chi connectivity index (χ2v) is 6.66. The maximum atomic E-state index is 5.46. The van der Waals surface area contributed by atoms with Gasteiger partial charge in [-0.15, -0.1) is 0 Å². The first-order chi connectivity index (χ1) is 9.97. The van der Waals surface area contributed by atoms with E-state index in [4.69, 9.17) is 12.2 Å². The number of nitrogens with one attached hydrogen (secondary N) is 2. The predicted molar refractivity (Wildman–Crippen MR) is 95.0 cm³/mol. The summed E-state index contributed by atoms with van der Waals surface area (Å²) in [5, 5.41) is 7.55. The predicted octanol–water partition coefficient (Wildman–Crippen LogP) is 3.46. The van der Waals surface area contributed by atoms with Gasteiger partial charge in [-0.25, -0.2) is 0 Å². The van der Waals surface area contributed by atoms with Crippen LogP contribution in [-0.4, -0.2) is 35.2 Å². The van der Waals surface area contributed by atoms with Crippen LogP contribution in [-0.2, 0) is 0 Å². The third-order valence-corrected chi connectivity index (χ3v) is 4.67. The third kappa shape index (κ3) is 4.42. The van der Waals surface area contributed by atoms with E-state index in [1.807, 2.05) is 0 Å². The van der Waals surface area contributed by atoms with Gasteiger partial charge in [0.15, 0.2) is 5.11 Å². The maximum absolute atomic E-state index is 5.46. The largest absolute Gasteiger partial charge is 0.360 e. The highest BCUT2D eigenvalue weighted by atomic mass is 32.1. The van der Waals surface area contributed by atoms with Crippen LogP contribution in [0.1, 0.15) is 37.8 Å². The van der Waals surface area contributed by atoms with Crippen LogP contribution >= 0.6 is 12.2 Å². The number of rotatable bonds is 3. The molecule has 0 aliphatic carbocycles. The highest BCUT2D eigenvalue weighted by Crippen LogP contribution is 2.18. The highest BCUT2D eigenvalue weighted by Gasteiger charge is 2.21. The molecule has 0 saturated carbocycles. The standard InChI is InChI=1S/C17H27N3S/c1-12(2)20-10-8-15(9-11-20)18-17(21)19-16-7-5-6-13(3)14(16)4/h5-7,12,15H,8-11H2,1-4H3,(H2,18,19,21). The van der Waals surface area contributed by atoms with Crippen molar-refractivity contribution in [3.63, 3.8) is 0 Å². The van der Waals surface area contributed by atoms with Crippen LogP contribution < -0.4 is 10.6 Å². The Kier molecular flexibility index (Phi) is 5.59. The van der Waals surface area contributed by atoms with Crippen molar-refractivity contribution < 1.29 is 0 Å². The van der Waals surface area contributed by atoms with Crippen molar-refractivity contribution in [2.75, 3.05) is 18.4 Å². The van der Waals surface area contributed by atoms with Crippen LogP contribution in [0.5, 0.6) is 0 Å². The van der Waals surface area contributed by atoms with Gasteiger partial charge in [0.05, 0.1) is 0 Å². The summed E-state index contributed by atoms with van der Waals surface area (Å²) in [5.41, 5.74) is 3.65. The van der Waals surface area contributed by atoms with E-state index in [2.05, 4.69) is 61.4 Å². The van der Waals surface area contributed by atoms with Crippen molar-refractivity contribution in [2.45, 2.75) is 52.6 Å². The number of likely N-dealkylation sites (tertiary alicyclic amines) is 1. The fourth-order valence-electron chi connectivity index (χ4n) is 2.79. The van der Waals surface area contributed by atoms with Gasteiger partial charge in [-0.2, -0.15) is 0 Å². The summed E-state index contributed by atoms with van der Waals surface area (Å²) in [6.45, 7) is 11.1. The molecule has 0 atom stereocenters. The molecule has 1 aliphatic rings. The zero-order valence-corrected chi connectivity index (χ0v) is 14.4. The molecule has 0 radical (unpaired) electrons. The molecule has 0 spiro atoms. The normalized spacial score (nSPS) is 17.0. The molecule has 0 unspecified atom stereocenters. The Labute approximate surface area is 134 Å². The van der Waals surface area contributed by atoms with Crippen molar-refractivity contribution in [1.29, 1.82) is 0 Å². The summed E-state index contributed by atoms with van der Waals surface area (Å²) in [7, 11) is 0. The Hall–Kier alpha value is -1.13. The lowest BCUT2D eigenvalue weighted by molar-refractivity contribution is 0.168. The molecule has 0 amide bonds. The molecule has 4 heteroatoms. The minimum atomic E-state index is 0.491. The van der Waals surface area contributed by atoms with Crippen molar-refractivity contribution in [1.82, 2.24) is 10.2 Å². The molecular formula is C17H27N3S. The Bertz CT molecular complexity index is 491. The number of hydrogen-bond donors (Lipinski definition) is 2. The molecule has 0 bridgehead atoms. The number of benzene rings is 1. The molecular weight excluding hydrogens is 278 g/mol. The van der Waals surface area contributed by atoms with E-state index < -0.39 is 0 Å². The van der Waals surface area contributed by atoms with E-state index in [-0.39, 0.29) is 0 Å². The number of piperidine rings is 1. The van der Waals surface area contributed by atoms with Gasteiger partial charge in [0.1, 0.15) is 0 Å². The lowest BCUT2D eigenvalue weighted by Crippen LogP contribution is -2.47. The van der Waals surface area contributed by atoms with Crippen LogP contribution in [0.25, 0.3) is 0 Å². The number of thiocarbonyl (C=S) groups is 1. The Morgan fingerprint density at radius 2 is 1.90 bits per heavy atom. The van der Waals surface area contributed by atoms with Crippen molar-refractivity contribution in [3.05, 3.63) is 29.3 Å². The second-order valence-electron chi connectivity index (χ2n) is 6.25. The summed E-state index contributed by atoms with van der Waals surface area (Å²) < 4.78 is 0. The van der Waals surface area contributed by atoms with Crippen molar-refractivity contribution in [3.8, 4) is 0 Å². The van der Waals surface area contributed by atoms with Gasteiger partial charge in [-0.3, -0.25) is 0 Å². The van der Waals surface area contributed by atoms with E-state index in [0.717, 1.165) is 36.7 Å². The molecule has 1 fully saturated rings. The summed E-state index contributed by atoms with van der Waals surface area (Å²) in [5.74, 6) is 0. The maximum Gasteiger partial charge on any atom is 0.171 e. The SMILES string of the molecule is Cc1cccc(NC(=S)NC2CCN(C(C)C)CC2)c1C. The van der Waals surface area contributed by atoms with Crippen LogP contribution in [0.15, 0.2) is 18.2 Å². The third-order valence-electron chi connectivity index (χ3n) is 4.45. The molecule has 1 aromatic carbocycles. The first-order valence-corrected chi connectivity index (χ1v) is 8.26. The van der Waals surface area contributed by atoms with E-state index in [1.54, 1.807) is 0 Å². The zero-order chi connectivity index (χ0) is 15.4. The van der Waals surface area contributed by atoms with E-state index in [9.17, 15) is 0 Å². The molecule has 0 aromatic heterocycles. The van der Waals surface area contributed by atoms with Crippen molar-refractivity contribution >= 4 is 23.0 Å². The number of aryl methyl sites for hydroxylation is 1. The molecule has 1 saturated heterocycles. The molecule has 1 aliphatic heterocycles. The van der Waals surface area contributed by atoms with Crippen molar-refractivity contribution in [2.24, 2.45) is 0 Å². The zero-order valence-electron chi connectivity index (χ0n) is 13.6. The Morgan fingerprint density at radius 3 is 2.52 bits per heavy atom. The minimum absolute atomic E-state index is 0.491. The van der Waals surface area contributed by atoms with Crippen LogP contribution in [0, 0.1) is 13.8 Å². The van der Waals surface area contributed by atoms with Gasteiger partial charge in [0, 0.05) is 30.9 Å². The minimum Gasteiger partial charge on any atom is -0.360 e. The molecule has 116 valence electrons. The van der Waals surface area contributed by atoms with Crippen LogP contribution in [0.2, 0.25) is 0 Å². The molecule has 1 aromatic rings. The van der Waals surface area contributed by atoms with Gasteiger partial charge >= 0.3 is 0 Å². The molecule has 2 rings (SSSR count). The average molecular weight is 305 g/mol. The Morgan fingerprint density at radius 1 is 1.24 bits per heavy atom. The molecule has 1 heterocycles. The number of anilines is 1. The number of nitrogens with zero attached hydrogens (tertiary/aromatic N) is 1. The highest BCUT2D eigenvalue weighted by molar-refractivity contribution is 7.80. The smallest absolute Gasteiger partial charge is 0.171 e. The quantitative estimate of drug-likeness (QED) is 0.836. The van der Waals surface area contributed by atoms with Gasteiger partial charge in [-0.05, 0) is 69.9 Å². The molecule has 3 nitrogen and oxygen atoms in total. The summed E-state index contributed by atoms with van der Waals surface area (Å²) in [6.07, 6.45) is 2.32. The van der Waals surface area contributed by atoms with Crippen LogP contribution in [0.3, 0.4) is 0 Å². The van der Waals surface area contributed by atoms with E-state index in [0.29, 0.717) is 12.1 Å². The topological polar surface area (TPSA) is 27.3 Å².